The molecule has 0 aromatic heterocycles. The minimum absolute atomic E-state index is 0.0160. The van der Waals surface area contributed by atoms with Crippen LogP contribution in [-0.4, -0.2) is 75.5 Å². The van der Waals surface area contributed by atoms with Crippen molar-refractivity contribution in [3.63, 3.8) is 0 Å². The Morgan fingerprint density at radius 2 is 1.07 bits per heavy atom. The first kappa shape index (κ1) is 50.2. The number of carbonyl (C=O) groups excluding carboxylic acids is 3. The van der Waals surface area contributed by atoms with E-state index >= 15 is 0 Å². The van der Waals surface area contributed by atoms with Crippen molar-refractivity contribution in [2.45, 2.75) is 135 Å². The molecule has 2 atom stereocenters. The summed E-state index contributed by atoms with van der Waals surface area (Å²) in [5.74, 6) is -1.96. The fourth-order valence-electron chi connectivity index (χ4n) is 5.09. The van der Waals surface area contributed by atoms with Crippen LogP contribution in [0.3, 0.4) is 0 Å². The van der Waals surface area contributed by atoms with Gasteiger partial charge in [-0.05, 0) is 77.0 Å². The molecule has 0 heterocycles. The summed E-state index contributed by atoms with van der Waals surface area (Å²) in [5, 5.41) is 11.6. The Bertz CT molecular complexity index is 1200. The number of nitrogens with zero attached hydrogens (tertiary/aromatic N) is 1. The summed E-state index contributed by atoms with van der Waals surface area (Å²) in [4.78, 5) is 36.6. The molecule has 0 fully saturated rings. The van der Waals surface area contributed by atoms with E-state index < -0.39 is 24.1 Å². The normalized spacial score (nSPS) is 14.0. The minimum Gasteiger partial charge on any atom is -0.544 e. The molecule has 0 bridgehead atoms. The van der Waals surface area contributed by atoms with Crippen LogP contribution < -0.4 is 5.11 Å². The molecule has 304 valence electrons. The van der Waals surface area contributed by atoms with Gasteiger partial charge in [-0.3, -0.25) is 9.59 Å². The van der Waals surface area contributed by atoms with Crippen LogP contribution in [0.15, 0.2) is 97.2 Å². The van der Waals surface area contributed by atoms with Crippen molar-refractivity contribution in [3.8, 4) is 0 Å². The molecular formula is C46H73NO7. The van der Waals surface area contributed by atoms with E-state index in [-0.39, 0.29) is 49.5 Å². The van der Waals surface area contributed by atoms with E-state index in [0.717, 1.165) is 51.4 Å². The lowest BCUT2D eigenvalue weighted by Crippen LogP contribution is -2.55. The topological polar surface area (TPSA) is 102 Å². The first-order valence-electron chi connectivity index (χ1n) is 20.3. The number of aliphatic carboxylic acids is 1. The van der Waals surface area contributed by atoms with Gasteiger partial charge in [0.05, 0.1) is 46.7 Å². The number of carboxylic acids is 1. The number of hydrogen-bond donors (Lipinski definition) is 0. The second-order valence-electron chi connectivity index (χ2n) is 14.1. The Hall–Kier alpha value is -3.75. The smallest absolute Gasteiger partial charge is 0.310 e. The van der Waals surface area contributed by atoms with Gasteiger partial charge < -0.3 is 28.6 Å². The maximum Gasteiger partial charge on any atom is 0.310 e. The fraction of sp³-hybridized carbons (Fsp3) is 0.587. The Morgan fingerprint density at radius 3 is 1.56 bits per heavy atom. The first-order valence-corrected chi connectivity index (χ1v) is 20.3. The lowest BCUT2D eigenvalue weighted by Gasteiger charge is -2.34. The average molecular weight is 752 g/mol. The predicted molar refractivity (Wildman–Crippen MR) is 221 cm³/mol. The molecule has 2 unspecified atom stereocenters. The van der Waals surface area contributed by atoms with E-state index in [1.165, 1.54) is 25.7 Å². The van der Waals surface area contributed by atoms with Crippen LogP contribution in [0, 0.1) is 0 Å². The second kappa shape index (κ2) is 36.2. The molecule has 0 aromatic carbocycles. The highest BCUT2D eigenvalue weighted by Crippen LogP contribution is 2.09. The van der Waals surface area contributed by atoms with Crippen molar-refractivity contribution < 1.29 is 38.2 Å². The molecule has 0 aromatic rings. The summed E-state index contributed by atoms with van der Waals surface area (Å²) in [5.41, 5.74) is 0. The van der Waals surface area contributed by atoms with E-state index in [4.69, 9.17) is 14.2 Å². The van der Waals surface area contributed by atoms with E-state index in [9.17, 15) is 19.5 Å². The Labute approximate surface area is 328 Å². The molecule has 0 spiro atoms. The van der Waals surface area contributed by atoms with Gasteiger partial charge in [-0.25, -0.2) is 0 Å². The molecule has 8 heteroatoms. The number of likely N-dealkylation sites (N-methyl/N-ethyl adjacent to an activating group) is 1. The summed E-state index contributed by atoms with van der Waals surface area (Å²) >= 11 is 0. The number of ether oxygens (including phenoxy) is 3. The highest BCUT2D eigenvalue weighted by molar-refractivity contribution is 5.71. The number of hydrogen-bond acceptors (Lipinski definition) is 7. The van der Waals surface area contributed by atoms with E-state index in [1.54, 1.807) is 27.2 Å². The number of carboxylic acid groups (broad SMARTS) is 1. The van der Waals surface area contributed by atoms with Crippen LogP contribution >= 0.6 is 0 Å². The zero-order valence-corrected chi connectivity index (χ0v) is 34.3. The zero-order valence-electron chi connectivity index (χ0n) is 34.3. The van der Waals surface area contributed by atoms with Crippen molar-refractivity contribution in [3.05, 3.63) is 97.2 Å². The van der Waals surface area contributed by atoms with Crippen molar-refractivity contribution >= 4 is 17.9 Å². The molecule has 0 aliphatic rings. The number of allylic oxidation sites excluding steroid dienone is 15. The maximum atomic E-state index is 12.5. The number of rotatable bonds is 34. The Balaban J connectivity index is 4.47. The van der Waals surface area contributed by atoms with Crippen molar-refractivity contribution in [2.24, 2.45) is 0 Å². The van der Waals surface area contributed by atoms with Crippen LogP contribution in [0.2, 0.25) is 0 Å². The van der Waals surface area contributed by atoms with Gasteiger partial charge in [0, 0.05) is 12.8 Å². The largest absolute Gasteiger partial charge is 0.544 e. The highest BCUT2D eigenvalue weighted by atomic mass is 16.6. The van der Waals surface area contributed by atoms with Crippen molar-refractivity contribution in [2.75, 3.05) is 41.0 Å². The van der Waals surface area contributed by atoms with Gasteiger partial charge in [0.15, 0.2) is 6.10 Å². The number of unbranched alkanes of at least 4 members (excludes halogenated alkanes) is 5. The fourth-order valence-corrected chi connectivity index (χ4v) is 5.09. The molecule has 0 rings (SSSR count). The van der Waals surface area contributed by atoms with Gasteiger partial charge in [0.1, 0.15) is 12.6 Å². The second-order valence-corrected chi connectivity index (χ2v) is 14.1. The minimum atomic E-state index is -1.15. The molecule has 0 saturated carbocycles. The van der Waals surface area contributed by atoms with Crippen LogP contribution in [0.25, 0.3) is 0 Å². The van der Waals surface area contributed by atoms with Gasteiger partial charge in [0.2, 0.25) is 0 Å². The SMILES string of the molecule is CC/C=C/C/C=C/C/C=C/CC(=O)OC(COCCC(C(=O)[O-])[N+](C)(C)C)COC(=O)CCCC/C=C/C/C=C/C/C=C/C/C=C/C/C=C/CCCCC. The third-order valence-electron chi connectivity index (χ3n) is 8.24. The Morgan fingerprint density at radius 1 is 0.593 bits per heavy atom. The van der Waals surface area contributed by atoms with Crippen molar-refractivity contribution in [1.82, 2.24) is 0 Å². The molecule has 0 saturated heterocycles. The van der Waals surface area contributed by atoms with Crippen LogP contribution in [-0.2, 0) is 28.6 Å². The highest BCUT2D eigenvalue weighted by Gasteiger charge is 2.25. The maximum absolute atomic E-state index is 12.5. The molecule has 54 heavy (non-hydrogen) atoms. The lowest BCUT2D eigenvalue weighted by atomic mass is 10.1. The summed E-state index contributed by atoms with van der Waals surface area (Å²) in [6.45, 7) is 4.31. The van der Waals surface area contributed by atoms with Crippen molar-refractivity contribution in [1.29, 1.82) is 0 Å². The monoisotopic (exact) mass is 752 g/mol. The third kappa shape index (κ3) is 34.0. The molecular weight excluding hydrogens is 679 g/mol. The average Bonchev–Trinajstić information content (AvgIpc) is 3.12. The zero-order chi connectivity index (χ0) is 40.0. The summed E-state index contributed by atoms with van der Waals surface area (Å²) in [6, 6.07) is -0.750. The van der Waals surface area contributed by atoms with E-state index in [0.29, 0.717) is 12.8 Å². The van der Waals surface area contributed by atoms with Crippen LogP contribution in [0.1, 0.15) is 123 Å². The van der Waals surface area contributed by atoms with Gasteiger partial charge in [-0.2, -0.15) is 0 Å². The van der Waals surface area contributed by atoms with Crippen LogP contribution in [0.5, 0.6) is 0 Å². The lowest BCUT2D eigenvalue weighted by molar-refractivity contribution is -0.889. The molecule has 0 radical (unpaired) electrons. The van der Waals surface area contributed by atoms with Gasteiger partial charge in [-0.15, -0.1) is 0 Å². The Kier molecular flexibility index (Phi) is 33.7. The number of carbonyl (C=O) groups is 3. The molecule has 0 N–H and O–H groups in total. The number of quaternary nitrogens is 1. The predicted octanol–water partition coefficient (Wildman–Crippen LogP) is 9.40. The van der Waals surface area contributed by atoms with Gasteiger partial charge in [-0.1, -0.05) is 124 Å². The molecule has 0 aliphatic carbocycles. The first-order chi connectivity index (χ1) is 26.1. The summed E-state index contributed by atoms with van der Waals surface area (Å²) < 4.78 is 16.9. The standard InChI is InChI=1S/C46H73NO7/c1-6-8-10-12-14-16-17-18-19-20-21-22-23-24-25-26-27-29-30-32-34-36-44(48)53-41-42(40-52-39-38-43(46(50)51)47(3,4)5)54-45(49)37-35-33-31-28-15-13-11-9-7-2/h9,11,14-16,18-19,21-22,24-25,27-29,33,35,42-43H,6-8,10,12-13,17,20,23,26,30-32,34,36-41H2,1-5H3/b11-9+,16-14+,19-18+,22-21+,25-24+,28-15+,29-27+,35-33+. The molecule has 8 nitrogen and oxygen atoms in total. The van der Waals surface area contributed by atoms with Gasteiger partial charge >= 0.3 is 11.9 Å². The van der Waals surface area contributed by atoms with E-state index in [2.05, 4.69) is 92.8 Å². The van der Waals surface area contributed by atoms with Crippen LogP contribution in [0.4, 0.5) is 0 Å². The molecule has 0 aliphatic heterocycles. The van der Waals surface area contributed by atoms with Gasteiger partial charge in [0.25, 0.3) is 0 Å². The summed E-state index contributed by atoms with van der Waals surface area (Å²) in [7, 11) is 5.34. The quantitative estimate of drug-likeness (QED) is 0.0280. The summed E-state index contributed by atoms with van der Waals surface area (Å²) in [6.07, 6.45) is 47.7. The van der Waals surface area contributed by atoms with E-state index in [1.807, 2.05) is 12.2 Å². The third-order valence-corrected chi connectivity index (χ3v) is 8.24. The number of esters is 2. The molecule has 0 amide bonds.